The summed E-state index contributed by atoms with van der Waals surface area (Å²) in [4.78, 5) is 12.9. The lowest BCUT2D eigenvalue weighted by atomic mass is 10.2. The summed E-state index contributed by atoms with van der Waals surface area (Å²) in [6, 6.07) is 0. The molecule has 3 N–H and O–H groups in total. The van der Waals surface area contributed by atoms with Crippen molar-refractivity contribution in [1.29, 1.82) is 0 Å². The number of hydrogen-bond donors (Lipinski definition) is 2. The van der Waals surface area contributed by atoms with Gasteiger partial charge in [-0.2, -0.15) is 0 Å². The Hall–Kier alpha value is -0.480. The van der Waals surface area contributed by atoms with Gasteiger partial charge in [0.1, 0.15) is 0 Å². The first-order valence-electron chi connectivity index (χ1n) is 5.01. The van der Waals surface area contributed by atoms with Crippen molar-refractivity contribution >= 4 is 18.5 Å². The SMILES string of the molecule is CCCCC=CCC(=O)N(C)C([NH3+])S. The van der Waals surface area contributed by atoms with Crippen LogP contribution in [0.25, 0.3) is 0 Å². The number of thiol groups is 1. The first kappa shape index (κ1) is 13.5. The van der Waals surface area contributed by atoms with E-state index in [1.54, 1.807) is 7.05 Å². The second-order valence-electron chi connectivity index (χ2n) is 3.30. The summed E-state index contributed by atoms with van der Waals surface area (Å²) in [5.74, 6) is 0.0627. The predicted octanol–water partition coefficient (Wildman–Crippen LogP) is 1.04. The molecule has 1 atom stereocenters. The summed E-state index contributed by atoms with van der Waals surface area (Å²) in [5.41, 5.74) is 3.40. The van der Waals surface area contributed by atoms with E-state index in [-0.39, 0.29) is 11.4 Å². The molecule has 0 aliphatic heterocycles. The number of nitrogens with zero attached hydrogens (tertiary/aromatic N) is 1. The lowest BCUT2D eigenvalue weighted by molar-refractivity contribution is -0.412. The third-order valence-electron chi connectivity index (χ3n) is 2.02. The molecule has 0 saturated carbocycles. The molecule has 0 aromatic rings. The van der Waals surface area contributed by atoms with E-state index in [2.05, 4.69) is 31.4 Å². The average Bonchev–Trinajstić information content (AvgIpc) is 2.16. The minimum Gasteiger partial charge on any atom is -0.329 e. The largest absolute Gasteiger partial charge is 0.329 e. The quantitative estimate of drug-likeness (QED) is 0.297. The maximum absolute atomic E-state index is 11.4. The Morgan fingerprint density at radius 3 is 2.71 bits per heavy atom. The Morgan fingerprint density at radius 2 is 2.21 bits per heavy atom. The number of allylic oxidation sites excluding steroid dienone is 1. The summed E-state index contributed by atoms with van der Waals surface area (Å²) in [5, 5.41) is 0. The van der Waals surface area contributed by atoms with Crippen molar-refractivity contribution in [1.82, 2.24) is 4.90 Å². The molecule has 0 fully saturated rings. The fraction of sp³-hybridized carbons (Fsp3) is 0.700. The standard InChI is InChI=1S/C10H20N2OS/c1-3-4-5-6-7-8-9(13)12(2)10(11)14/h6-7,10,14H,3-5,8,11H2,1-2H3/p+1. The molecule has 4 heteroatoms. The molecule has 0 saturated heterocycles. The van der Waals surface area contributed by atoms with E-state index < -0.39 is 0 Å². The molecule has 0 aromatic heterocycles. The van der Waals surface area contributed by atoms with Gasteiger partial charge in [0, 0.05) is 13.5 Å². The Bertz CT molecular complexity index is 193. The fourth-order valence-electron chi connectivity index (χ4n) is 0.934. The maximum atomic E-state index is 11.4. The minimum absolute atomic E-state index is 0.0627. The number of unbranched alkanes of at least 4 members (excludes halogenated alkanes) is 2. The van der Waals surface area contributed by atoms with Gasteiger partial charge >= 0.3 is 0 Å². The smallest absolute Gasteiger partial charge is 0.231 e. The summed E-state index contributed by atoms with van der Waals surface area (Å²) < 4.78 is 0. The van der Waals surface area contributed by atoms with Crippen LogP contribution in [-0.2, 0) is 4.79 Å². The summed E-state index contributed by atoms with van der Waals surface area (Å²) >= 11 is 4.08. The highest BCUT2D eigenvalue weighted by molar-refractivity contribution is 7.80. The van der Waals surface area contributed by atoms with Crippen LogP contribution in [0.15, 0.2) is 12.2 Å². The van der Waals surface area contributed by atoms with Crippen LogP contribution in [0, 0.1) is 0 Å². The Labute approximate surface area is 91.8 Å². The molecule has 0 spiro atoms. The van der Waals surface area contributed by atoms with Gasteiger partial charge in [0.25, 0.3) is 0 Å². The Kier molecular flexibility index (Phi) is 7.61. The molecule has 0 radical (unpaired) electrons. The average molecular weight is 217 g/mol. The Morgan fingerprint density at radius 1 is 1.57 bits per heavy atom. The molecular formula is C10H21N2OS+. The van der Waals surface area contributed by atoms with Gasteiger partial charge in [0.15, 0.2) is 0 Å². The third-order valence-corrected chi connectivity index (χ3v) is 2.37. The van der Waals surface area contributed by atoms with E-state index >= 15 is 0 Å². The number of quaternary nitrogens is 1. The fourth-order valence-corrected chi connectivity index (χ4v) is 1.06. The van der Waals surface area contributed by atoms with Crippen LogP contribution in [0.5, 0.6) is 0 Å². The maximum Gasteiger partial charge on any atom is 0.231 e. The predicted molar refractivity (Wildman–Crippen MR) is 61.7 cm³/mol. The number of amides is 1. The normalized spacial score (nSPS) is 13.1. The topological polar surface area (TPSA) is 48.0 Å². The van der Waals surface area contributed by atoms with Gasteiger partial charge in [-0.15, -0.1) is 0 Å². The monoisotopic (exact) mass is 217 g/mol. The van der Waals surface area contributed by atoms with Crippen LogP contribution in [0.4, 0.5) is 0 Å². The number of hydrogen-bond acceptors (Lipinski definition) is 2. The molecule has 14 heavy (non-hydrogen) atoms. The van der Waals surface area contributed by atoms with Crippen molar-refractivity contribution in [2.45, 2.75) is 38.1 Å². The van der Waals surface area contributed by atoms with Crippen molar-refractivity contribution in [2.75, 3.05) is 7.05 Å². The zero-order valence-electron chi connectivity index (χ0n) is 9.07. The number of carbonyl (C=O) groups excluding carboxylic acids is 1. The van der Waals surface area contributed by atoms with E-state index in [4.69, 9.17) is 0 Å². The molecule has 1 amide bonds. The second kappa shape index (κ2) is 7.88. The van der Waals surface area contributed by atoms with E-state index in [1.807, 2.05) is 6.08 Å². The highest BCUT2D eigenvalue weighted by Crippen LogP contribution is 1.99. The van der Waals surface area contributed by atoms with Gasteiger partial charge in [-0.1, -0.05) is 44.5 Å². The third kappa shape index (κ3) is 6.05. The number of rotatable bonds is 6. The molecule has 0 rings (SSSR count). The minimum atomic E-state index is -0.258. The van der Waals surface area contributed by atoms with Crippen molar-refractivity contribution in [3.8, 4) is 0 Å². The van der Waals surface area contributed by atoms with Crippen LogP contribution in [-0.4, -0.2) is 23.4 Å². The van der Waals surface area contributed by atoms with E-state index in [0.717, 1.165) is 6.42 Å². The van der Waals surface area contributed by atoms with Crippen molar-refractivity contribution in [2.24, 2.45) is 0 Å². The van der Waals surface area contributed by atoms with Crippen molar-refractivity contribution < 1.29 is 10.5 Å². The van der Waals surface area contributed by atoms with Crippen LogP contribution >= 0.6 is 12.6 Å². The highest BCUT2D eigenvalue weighted by atomic mass is 32.1. The van der Waals surface area contributed by atoms with Gasteiger partial charge in [-0.05, 0) is 6.42 Å². The lowest BCUT2D eigenvalue weighted by Crippen LogP contribution is -2.66. The first-order chi connectivity index (χ1) is 6.59. The van der Waals surface area contributed by atoms with E-state index in [0.29, 0.717) is 6.42 Å². The zero-order chi connectivity index (χ0) is 11.0. The van der Waals surface area contributed by atoms with Gasteiger partial charge in [-0.3, -0.25) is 9.69 Å². The molecule has 0 aliphatic carbocycles. The molecule has 0 aliphatic rings. The lowest BCUT2D eigenvalue weighted by Gasteiger charge is -2.16. The second-order valence-corrected chi connectivity index (χ2v) is 3.90. The molecule has 0 heterocycles. The zero-order valence-corrected chi connectivity index (χ0v) is 9.96. The van der Waals surface area contributed by atoms with Gasteiger partial charge < -0.3 is 5.73 Å². The van der Waals surface area contributed by atoms with Crippen LogP contribution in [0.1, 0.15) is 32.6 Å². The summed E-state index contributed by atoms with van der Waals surface area (Å²) in [6.07, 6.45) is 7.87. The molecule has 0 aromatic carbocycles. The van der Waals surface area contributed by atoms with Crippen LogP contribution in [0.2, 0.25) is 0 Å². The summed E-state index contributed by atoms with van der Waals surface area (Å²) in [7, 11) is 1.72. The van der Waals surface area contributed by atoms with Crippen molar-refractivity contribution in [3.63, 3.8) is 0 Å². The van der Waals surface area contributed by atoms with Gasteiger partial charge in [-0.25, -0.2) is 0 Å². The first-order valence-corrected chi connectivity index (χ1v) is 5.53. The van der Waals surface area contributed by atoms with Gasteiger partial charge in [0.2, 0.25) is 11.4 Å². The highest BCUT2D eigenvalue weighted by Gasteiger charge is 2.12. The molecule has 3 nitrogen and oxygen atoms in total. The molecule has 82 valence electrons. The molecule has 1 unspecified atom stereocenters. The van der Waals surface area contributed by atoms with Crippen molar-refractivity contribution in [3.05, 3.63) is 12.2 Å². The van der Waals surface area contributed by atoms with Gasteiger partial charge in [0.05, 0.1) is 0 Å². The molecule has 0 bridgehead atoms. The van der Waals surface area contributed by atoms with Crippen LogP contribution < -0.4 is 5.73 Å². The Balaban J connectivity index is 3.68. The number of carbonyl (C=O) groups is 1. The summed E-state index contributed by atoms with van der Waals surface area (Å²) in [6.45, 7) is 2.15. The van der Waals surface area contributed by atoms with E-state index in [1.165, 1.54) is 17.7 Å². The van der Waals surface area contributed by atoms with Crippen LogP contribution in [0.3, 0.4) is 0 Å². The molecular weight excluding hydrogens is 196 g/mol. The van der Waals surface area contributed by atoms with E-state index in [9.17, 15) is 4.79 Å².